The zero-order valence-electron chi connectivity index (χ0n) is 19.0. The highest BCUT2D eigenvalue weighted by Crippen LogP contribution is 2.22. The van der Waals surface area contributed by atoms with Gasteiger partial charge in [0.1, 0.15) is 12.1 Å². The molecule has 0 radical (unpaired) electrons. The number of rotatable bonds is 6. The first-order chi connectivity index (χ1) is 16.6. The van der Waals surface area contributed by atoms with Crippen LogP contribution in [0.5, 0.6) is 0 Å². The molecule has 0 saturated carbocycles. The number of imidazole rings is 1. The Balaban J connectivity index is 1.30. The third-order valence-electron chi connectivity index (χ3n) is 5.63. The Morgan fingerprint density at radius 1 is 0.941 bits per heavy atom. The minimum atomic E-state index is -0.166. The number of aromatic nitrogens is 4. The zero-order valence-corrected chi connectivity index (χ0v) is 19.0. The molecule has 1 amide bonds. The predicted octanol–water partition coefficient (Wildman–Crippen LogP) is 5.30. The molecule has 2 N–H and O–H groups in total. The number of hydrogen-bond acceptors (Lipinski definition) is 5. The molecule has 3 aromatic carbocycles. The number of nitrogens with one attached hydrogen (secondary N) is 2. The van der Waals surface area contributed by atoms with Crippen LogP contribution in [0.15, 0.2) is 85.6 Å². The van der Waals surface area contributed by atoms with Crippen LogP contribution < -0.4 is 10.6 Å². The summed E-state index contributed by atoms with van der Waals surface area (Å²) >= 11 is 0. The summed E-state index contributed by atoms with van der Waals surface area (Å²) in [6, 6.07) is 21.3. The summed E-state index contributed by atoms with van der Waals surface area (Å²) in [7, 11) is 0. The fourth-order valence-corrected chi connectivity index (χ4v) is 3.89. The Morgan fingerprint density at radius 2 is 1.79 bits per heavy atom. The number of carbonyl (C=O) groups excluding carboxylic acids is 1. The van der Waals surface area contributed by atoms with Gasteiger partial charge >= 0.3 is 0 Å². The molecule has 0 bridgehead atoms. The average molecular weight is 449 g/mol. The van der Waals surface area contributed by atoms with Crippen LogP contribution in [0, 0.1) is 13.8 Å². The molecule has 7 heteroatoms. The molecule has 0 aliphatic rings. The van der Waals surface area contributed by atoms with E-state index in [0.29, 0.717) is 12.1 Å². The minimum absolute atomic E-state index is 0.166. The lowest BCUT2D eigenvalue weighted by atomic mass is 10.1. The van der Waals surface area contributed by atoms with Crippen molar-refractivity contribution < 1.29 is 4.79 Å². The van der Waals surface area contributed by atoms with Crippen molar-refractivity contribution in [1.29, 1.82) is 0 Å². The molecule has 0 fully saturated rings. The SMILES string of the molecule is Cc1cn(-c2cccc(C(=O)Nc3cccc(CNc4ncnc5c(C)cccc45)c3)c2)cn1. The van der Waals surface area contributed by atoms with Gasteiger partial charge in [-0.05, 0) is 61.4 Å². The van der Waals surface area contributed by atoms with Crippen LogP contribution in [0.2, 0.25) is 0 Å². The molecule has 0 spiro atoms. The van der Waals surface area contributed by atoms with Crippen molar-refractivity contribution in [1.82, 2.24) is 19.5 Å². The summed E-state index contributed by atoms with van der Waals surface area (Å²) in [4.78, 5) is 26.0. The van der Waals surface area contributed by atoms with Gasteiger partial charge in [0.25, 0.3) is 5.91 Å². The van der Waals surface area contributed by atoms with E-state index in [1.54, 1.807) is 18.7 Å². The van der Waals surface area contributed by atoms with Crippen molar-refractivity contribution in [2.75, 3.05) is 10.6 Å². The van der Waals surface area contributed by atoms with E-state index in [-0.39, 0.29) is 5.91 Å². The standard InChI is InChI=1S/C27H24N6O/c1-18-6-3-11-24-25(18)29-16-30-26(24)28-14-20-7-4-9-22(12-20)32-27(34)21-8-5-10-23(13-21)33-15-19(2)31-17-33/h3-13,15-17H,14H2,1-2H3,(H,32,34)(H,28,29,30). The number of amides is 1. The zero-order chi connectivity index (χ0) is 23.5. The number of aryl methyl sites for hydroxylation is 2. The Labute approximate surface area is 197 Å². The summed E-state index contributed by atoms with van der Waals surface area (Å²) in [5.74, 6) is 0.621. The summed E-state index contributed by atoms with van der Waals surface area (Å²) in [6.07, 6.45) is 5.24. The van der Waals surface area contributed by atoms with Gasteiger partial charge in [0.05, 0.1) is 17.5 Å². The lowest BCUT2D eigenvalue weighted by Crippen LogP contribution is -2.12. The van der Waals surface area contributed by atoms with Crippen LogP contribution in [-0.2, 0) is 6.54 Å². The molecule has 5 aromatic rings. The van der Waals surface area contributed by atoms with Gasteiger partial charge in [0, 0.05) is 35.1 Å². The maximum Gasteiger partial charge on any atom is 0.255 e. The highest BCUT2D eigenvalue weighted by molar-refractivity contribution is 6.04. The molecular formula is C27H24N6O. The molecule has 0 saturated heterocycles. The summed E-state index contributed by atoms with van der Waals surface area (Å²) in [5.41, 5.74) is 6.20. The minimum Gasteiger partial charge on any atom is -0.365 e. The molecule has 7 nitrogen and oxygen atoms in total. The molecule has 0 aliphatic carbocycles. The molecular weight excluding hydrogens is 424 g/mol. The Hall–Kier alpha value is -4.52. The lowest BCUT2D eigenvalue weighted by molar-refractivity contribution is 0.102. The molecule has 168 valence electrons. The maximum atomic E-state index is 12.9. The van der Waals surface area contributed by atoms with Gasteiger partial charge in [-0.2, -0.15) is 0 Å². The predicted molar refractivity (Wildman–Crippen MR) is 134 cm³/mol. The molecule has 0 atom stereocenters. The largest absolute Gasteiger partial charge is 0.365 e. The highest BCUT2D eigenvalue weighted by Gasteiger charge is 2.09. The van der Waals surface area contributed by atoms with Crippen molar-refractivity contribution in [3.8, 4) is 5.69 Å². The van der Waals surface area contributed by atoms with Gasteiger partial charge in [0.15, 0.2) is 0 Å². The molecule has 2 aromatic heterocycles. The number of hydrogen-bond donors (Lipinski definition) is 2. The van der Waals surface area contributed by atoms with Crippen LogP contribution in [-0.4, -0.2) is 25.4 Å². The fourth-order valence-electron chi connectivity index (χ4n) is 3.89. The summed E-state index contributed by atoms with van der Waals surface area (Å²) < 4.78 is 1.90. The monoisotopic (exact) mass is 448 g/mol. The second-order valence-corrected chi connectivity index (χ2v) is 8.17. The van der Waals surface area contributed by atoms with Gasteiger partial charge < -0.3 is 15.2 Å². The lowest BCUT2D eigenvalue weighted by Gasteiger charge is -2.11. The number of nitrogens with zero attached hydrogens (tertiary/aromatic N) is 4. The number of benzene rings is 3. The Morgan fingerprint density at radius 3 is 2.65 bits per heavy atom. The Kier molecular flexibility index (Phi) is 5.74. The highest BCUT2D eigenvalue weighted by atomic mass is 16.1. The number of carbonyl (C=O) groups is 1. The maximum absolute atomic E-state index is 12.9. The number of fused-ring (bicyclic) bond motifs is 1. The quantitative estimate of drug-likeness (QED) is 0.368. The molecule has 2 heterocycles. The second-order valence-electron chi connectivity index (χ2n) is 8.17. The van der Waals surface area contributed by atoms with Gasteiger partial charge in [-0.25, -0.2) is 15.0 Å². The van der Waals surface area contributed by atoms with Crippen molar-refractivity contribution >= 4 is 28.3 Å². The van der Waals surface area contributed by atoms with E-state index < -0.39 is 0 Å². The molecule has 0 unspecified atom stereocenters. The van der Waals surface area contributed by atoms with E-state index in [0.717, 1.165) is 44.9 Å². The first-order valence-corrected chi connectivity index (χ1v) is 11.0. The van der Waals surface area contributed by atoms with Crippen molar-refractivity contribution in [3.63, 3.8) is 0 Å². The summed E-state index contributed by atoms with van der Waals surface area (Å²) in [6.45, 7) is 4.54. The van der Waals surface area contributed by atoms with Crippen LogP contribution in [0.1, 0.15) is 27.2 Å². The van der Waals surface area contributed by atoms with Gasteiger partial charge in [-0.3, -0.25) is 4.79 Å². The average Bonchev–Trinajstić information content (AvgIpc) is 3.30. The third-order valence-corrected chi connectivity index (χ3v) is 5.63. The van der Waals surface area contributed by atoms with E-state index in [9.17, 15) is 4.79 Å². The van der Waals surface area contributed by atoms with Gasteiger partial charge in [-0.1, -0.05) is 30.3 Å². The van der Waals surface area contributed by atoms with E-state index in [4.69, 9.17) is 0 Å². The number of para-hydroxylation sites is 1. The third kappa shape index (κ3) is 4.49. The fraction of sp³-hybridized carbons (Fsp3) is 0.111. The van der Waals surface area contributed by atoms with Crippen LogP contribution in [0.3, 0.4) is 0 Å². The van der Waals surface area contributed by atoms with E-state index in [1.165, 1.54) is 0 Å². The molecule has 34 heavy (non-hydrogen) atoms. The second kappa shape index (κ2) is 9.15. The Bertz CT molecular complexity index is 1490. The van der Waals surface area contributed by atoms with E-state index >= 15 is 0 Å². The van der Waals surface area contributed by atoms with E-state index in [1.807, 2.05) is 85.3 Å². The van der Waals surface area contributed by atoms with Crippen LogP contribution >= 0.6 is 0 Å². The van der Waals surface area contributed by atoms with Crippen molar-refractivity contribution in [2.45, 2.75) is 20.4 Å². The summed E-state index contributed by atoms with van der Waals surface area (Å²) in [5, 5.41) is 7.39. The number of anilines is 2. The van der Waals surface area contributed by atoms with Crippen LogP contribution in [0.4, 0.5) is 11.5 Å². The van der Waals surface area contributed by atoms with Crippen molar-refractivity contribution in [3.05, 3.63) is 108 Å². The van der Waals surface area contributed by atoms with Gasteiger partial charge in [-0.15, -0.1) is 0 Å². The topological polar surface area (TPSA) is 84.7 Å². The first kappa shape index (κ1) is 21.3. The molecule has 0 aliphatic heterocycles. The van der Waals surface area contributed by atoms with Crippen LogP contribution in [0.25, 0.3) is 16.6 Å². The normalized spacial score (nSPS) is 10.9. The van der Waals surface area contributed by atoms with E-state index in [2.05, 4.69) is 25.6 Å². The molecule has 5 rings (SSSR count). The smallest absolute Gasteiger partial charge is 0.255 e. The first-order valence-electron chi connectivity index (χ1n) is 11.0. The van der Waals surface area contributed by atoms with Crippen molar-refractivity contribution in [2.24, 2.45) is 0 Å². The van der Waals surface area contributed by atoms with Gasteiger partial charge in [0.2, 0.25) is 0 Å².